The van der Waals surface area contributed by atoms with Crippen molar-refractivity contribution in [1.29, 1.82) is 0 Å². The summed E-state index contributed by atoms with van der Waals surface area (Å²) in [7, 11) is 0. The van der Waals surface area contributed by atoms with Crippen molar-refractivity contribution in [2.24, 2.45) is 11.8 Å². The van der Waals surface area contributed by atoms with Gasteiger partial charge in [0.25, 0.3) is 0 Å². The van der Waals surface area contributed by atoms with Gasteiger partial charge < -0.3 is 4.74 Å². The Labute approximate surface area is 171 Å². The molecule has 1 aromatic heterocycles. The fraction of sp³-hybridized carbons (Fsp3) is 0.577. The lowest BCUT2D eigenvalue weighted by Gasteiger charge is -2.27. The Morgan fingerprint density at radius 3 is 2.29 bits per heavy atom. The fourth-order valence-electron chi connectivity index (χ4n) is 4.31. The number of aromatic nitrogens is 1. The molecule has 0 amide bonds. The Morgan fingerprint density at radius 2 is 1.64 bits per heavy atom. The minimum Gasteiger partial charge on any atom is -0.494 e. The van der Waals surface area contributed by atoms with Crippen LogP contribution in [0.2, 0.25) is 0 Å². The summed E-state index contributed by atoms with van der Waals surface area (Å²) in [5, 5.41) is 0. The molecule has 1 aromatic carbocycles. The van der Waals surface area contributed by atoms with Crippen LogP contribution in [0.4, 0.5) is 0 Å². The Balaban J connectivity index is 1.46. The maximum Gasteiger partial charge on any atom is 0.119 e. The Bertz CT molecular complexity index is 669. The van der Waals surface area contributed by atoms with E-state index in [0.717, 1.165) is 41.9 Å². The lowest BCUT2D eigenvalue weighted by Crippen LogP contribution is -2.14. The van der Waals surface area contributed by atoms with Crippen LogP contribution in [-0.4, -0.2) is 11.6 Å². The summed E-state index contributed by atoms with van der Waals surface area (Å²) in [6, 6.07) is 12.8. The molecule has 152 valence electrons. The van der Waals surface area contributed by atoms with E-state index < -0.39 is 0 Å². The molecule has 0 radical (unpaired) electrons. The van der Waals surface area contributed by atoms with Gasteiger partial charge in [0, 0.05) is 11.8 Å². The number of pyridine rings is 1. The lowest BCUT2D eigenvalue weighted by atomic mass is 9.79. The smallest absolute Gasteiger partial charge is 0.119 e. The molecule has 2 nitrogen and oxygen atoms in total. The van der Waals surface area contributed by atoms with E-state index >= 15 is 0 Å². The zero-order valence-electron chi connectivity index (χ0n) is 17.8. The van der Waals surface area contributed by atoms with Crippen LogP contribution in [0.5, 0.6) is 5.75 Å². The minimum atomic E-state index is 0.806. The van der Waals surface area contributed by atoms with Gasteiger partial charge >= 0.3 is 0 Å². The van der Waals surface area contributed by atoms with Crippen LogP contribution in [0.15, 0.2) is 42.6 Å². The Kier molecular flexibility index (Phi) is 8.39. The van der Waals surface area contributed by atoms with E-state index in [4.69, 9.17) is 9.72 Å². The number of unbranched alkanes of at least 4 members (excludes halogenated alkanes) is 2. The summed E-state index contributed by atoms with van der Waals surface area (Å²) >= 11 is 0. The molecule has 1 aliphatic rings. The first-order valence-corrected chi connectivity index (χ1v) is 11.5. The molecule has 28 heavy (non-hydrogen) atoms. The van der Waals surface area contributed by atoms with Crippen LogP contribution >= 0.6 is 0 Å². The molecule has 0 atom stereocenters. The second-order valence-electron chi connectivity index (χ2n) is 8.47. The predicted molar refractivity (Wildman–Crippen MR) is 119 cm³/mol. The molecule has 0 unspecified atom stereocenters. The lowest BCUT2D eigenvalue weighted by molar-refractivity contribution is 0.259. The van der Waals surface area contributed by atoms with Crippen molar-refractivity contribution in [2.75, 3.05) is 6.61 Å². The third-order valence-electron chi connectivity index (χ3n) is 6.38. The second kappa shape index (κ2) is 11.2. The van der Waals surface area contributed by atoms with Gasteiger partial charge in [0.15, 0.2) is 0 Å². The molecule has 2 aromatic rings. The van der Waals surface area contributed by atoms with Crippen LogP contribution in [0.25, 0.3) is 11.3 Å². The highest BCUT2D eigenvalue weighted by Gasteiger charge is 2.19. The maximum absolute atomic E-state index is 5.80. The zero-order chi connectivity index (χ0) is 19.6. The summed E-state index contributed by atoms with van der Waals surface area (Å²) in [6.45, 7) is 5.36. The topological polar surface area (TPSA) is 22.1 Å². The number of aryl methyl sites for hydroxylation is 1. The first kappa shape index (κ1) is 20.9. The van der Waals surface area contributed by atoms with E-state index in [1.807, 2.05) is 0 Å². The number of hydrogen-bond acceptors (Lipinski definition) is 2. The van der Waals surface area contributed by atoms with E-state index in [1.54, 1.807) is 0 Å². The molecule has 0 spiro atoms. The van der Waals surface area contributed by atoms with Gasteiger partial charge in [0.05, 0.1) is 12.3 Å². The van der Waals surface area contributed by atoms with Gasteiger partial charge in [-0.2, -0.15) is 0 Å². The molecule has 0 saturated heterocycles. The average Bonchev–Trinajstić information content (AvgIpc) is 2.76. The zero-order valence-corrected chi connectivity index (χ0v) is 17.8. The first-order valence-electron chi connectivity index (χ1n) is 11.5. The van der Waals surface area contributed by atoms with Gasteiger partial charge in [0.1, 0.15) is 5.75 Å². The quantitative estimate of drug-likeness (QED) is 0.399. The van der Waals surface area contributed by atoms with Crippen molar-refractivity contribution in [3.8, 4) is 17.0 Å². The standard InChI is InChI=1S/C26H37NO/c1-3-5-6-19-28-25-16-14-24(15-17-25)26-18-13-23(20-27-26)12-11-22-9-7-21(4-2)8-10-22/h13-18,20-22H,3-12,19H2,1-2H3/t21-,22-. The molecule has 1 fully saturated rings. The third-order valence-corrected chi connectivity index (χ3v) is 6.38. The molecule has 0 N–H and O–H groups in total. The summed E-state index contributed by atoms with van der Waals surface area (Å²) in [5.74, 6) is 2.87. The molecular formula is C26H37NO. The summed E-state index contributed by atoms with van der Waals surface area (Å²) in [6.07, 6.45) is 15.2. The maximum atomic E-state index is 5.80. The summed E-state index contributed by atoms with van der Waals surface area (Å²) in [5.41, 5.74) is 3.58. The van der Waals surface area contributed by atoms with Crippen molar-refractivity contribution in [3.63, 3.8) is 0 Å². The number of nitrogens with zero attached hydrogens (tertiary/aromatic N) is 1. The molecular weight excluding hydrogens is 342 g/mol. The monoisotopic (exact) mass is 379 g/mol. The van der Waals surface area contributed by atoms with Crippen LogP contribution in [-0.2, 0) is 6.42 Å². The van der Waals surface area contributed by atoms with Gasteiger partial charge in [-0.05, 0) is 67.0 Å². The van der Waals surface area contributed by atoms with Crippen LogP contribution in [0, 0.1) is 11.8 Å². The van der Waals surface area contributed by atoms with Crippen molar-refractivity contribution >= 4 is 0 Å². The highest BCUT2D eigenvalue weighted by atomic mass is 16.5. The van der Waals surface area contributed by atoms with Crippen molar-refractivity contribution in [2.45, 2.75) is 78.1 Å². The van der Waals surface area contributed by atoms with Crippen molar-refractivity contribution in [3.05, 3.63) is 48.2 Å². The van der Waals surface area contributed by atoms with Gasteiger partial charge in [0.2, 0.25) is 0 Å². The number of rotatable bonds is 10. The van der Waals surface area contributed by atoms with Gasteiger partial charge in [-0.3, -0.25) is 4.98 Å². The molecule has 0 aliphatic heterocycles. The van der Waals surface area contributed by atoms with Gasteiger partial charge in [-0.25, -0.2) is 0 Å². The SMILES string of the molecule is CCCCCOc1ccc(-c2ccc(CC[C@H]3CC[C@H](CC)CC3)cn2)cc1. The molecule has 3 rings (SSSR count). The van der Waals surface area contributed by atoms with E-state index in [2.05, 4.69) is 56.4 Å². The fourth-order valence-corrected chi connectivity index (χ4v) is 4.31. The number of ether oxygens (including phenoxy) is 1. The van der Waals surface area contributed by atoms with E-state index in [1.165, 1.54) is 63.4 Å². The van der Waals surface area contributed by atoms with Crippen molar-refractivity contribution < 1.29 is 4.74 Å². The number of benzene rings is 1. The van der Waals surface area contributed by atoms with Gasteiger partial charge in [-0.1, -0.05) is 64.9 Å². The van der Waals surface area contributed by atoms with Crippen LogP contribution < -0.4 is 4.74 Å². The second-order valence-corrected chi connectivity index (χ2v) is 8.47. The minimum absolute atomic E-state index is 0.806. The van der Waals surface area contributed by atoms with Crippen molar-refractivity contribution in [1.82, 2.24) is 4.98 Å². The molecule has 2 heteroatoms. The average molecular weight is 380 g/mol. The normalized spacial score (nSPS) is 19.5. The first-order chi connectivity index (χ1) is 13.8. The summed E-state index contributed by atoms with van der Waals surface area (Å²) in [4.78, 5) is 4.71. The van der Waals surface area contributed by atoms with Crippen LogP contribution in [0.3, 0.4) is 0 Å². The molecule has 0 bridgehead atoms. The van der Waals surface area contributed by atoms with E-state index in [0.29, 0.717) is 0 Å². The highest BCUT2D eigenvalue weighted by molar-refractivity contribution is 5.60. The van der Waals surface area contributed by atoms with Gasteiger partial charge in [-0.15, -0.1) is 0 Å². The Morgan fingerprint density at radius 1 is 0.893 bits per heavy atom. The van der Waals surface area contributed by atoms with E-state index in [9.17, 15) is 0 Å². The molecule has 1 aliphatic carbocycles. The predicted octanol–water partition coefficient (Wildman–Crippen LogP) is 7.47. The van der Waals surface area contributed by atoms with Crippen LogP contribution in [0.1, 0.15) is 77.2 Å². The summed E-state index contributed by atoms with van der Waals surface area (Å²) < 4.78 is 5.80. The number of hydrogen-bond donors (Lipinski definition) is 0. The molecule has 1 heterocycles. The molecule has 1 saturated carbocycles. The third kappa shape index (κ3) is 6.36. The van der Waals surface area contributed by atoms with E-state index in [-0.39, 0.29) is 0 Å². The largest absolute Gasteiger partial charge is 0.494 e. The Hall–Kier alpha value is -1.83. The highest BCUT2D eigenvalue weighted by Crippen LogP contribution is 2.33.